The quantitative estimate of drug-likeness (QED) is 0.208. The summed E-state index contributed by atoms with van der Waals surface area (Å²) >= 11 is 0. The molecule has 0 radical (unpaired) electrons. The van der Waals surface area contributed by atoms with Crippen LogP contribution in [0.2, 0.25) is 18.1 Å². The van der Waals surface area contributed by atoms with Crippen LogP contribution in [-0.4, -0.2) is 8.32 Å². The molecule has 0 aliphatic carbocycles. The third kappa shape index (κ3) is 7.12. The van der Waals surface area contributed by atoms with Crippen LogP contribution in [0.1, 0.15) is 57.3 Å². The van der Waals surface area contributed by atoms with Crippen LogP contribution < -0.4 is 0 Å². The molecule has 27 heavy (non-hydrogen) atoms. The monoisotopic (exact) mass is 380 g/mol. The lowest BCUT2D eigenvalue weighted by Crippen LogP contribution is -2.37. The number of hydrogen-bond acceptors (Lipinski definition) is 1. The number of rotatable bonds is 12. The molecular weight excluding hydrogens is 344 g/mol. The number of allylic oxidation sites excluding steroid dienone is 1. The van der Waals surface area contributed by atoms with Crippen molar-refractivity contribution in [3.8, 4) is 0 Å². The van der Waals surface area contributed by atoms with Gasteiger partial charge in [0.2, 0.25) is 0 Å². The Hall–Kier alpha value is -1.64. The molecule has 0 heterocycles. The van der Waals surface area contributed by atoms with E-state index in [1.165, 1.54) is 35.7 Å². The van der Waals surface area contributed by atoms with Gasteiger partial charge in [-0.05, 0) is 54.9 Å². The first-order valence-corrected chi connectivity index (χ1v) is 13.2. The van der Waals surface area contributed by atoms with Crippen LogP contribution in [0.25, 0.3) is 0 Å². The summed E-state index contributed by atoms with van der Waals surface area (Å²) in [5.41, 5.74) is 2.75. The Labute approximate surface area is 167 Å². The first kappa shape index (κ1) is 21.7. The summed E-state index contributed by atoms with van der Waals surface area (Å²) in [4.78, 5) is 0. The van der Waals surface area contributed by atoms with Gasteiger partial charge in [0.1, 0.15) is 0 Å². The average Bonchev–Trinajstić information content (AvgIpc) is 2.74. The molecule has 2 aromatic rings. The summed E-state index contributed by atoms with van der Waals surface area (Å²) in [7, 11) is -1.62. The number of hydrogen-bond donors (Lipinski definition) is 0. The SMILES string of the molecule is CC[Si](CC)(CC)OC(CC=CCCCc1ccccc1)c1ccccc1. The molecule has 0 aliphatic rings. The second kappa shape index (κ2) is 11.9. The van der Waals surface area contributed by atoms with Crippen molar-refractivity contribution in [2.24, 2.45) is 0 Å². The smallest absolute Gasteiger partial charge is 0.192 e. The van der Waals surface area contributed by atoms with Crippen molar-refractivity contribution >= 4 is 8.32 Å². The molecule has 0 aliphatic heterocycles. The first-order valence-electron chi connectivity index (χ1n) is 10.6. The Morgan fingerprint density at radius 2 is 1.41 bits per heavy atom. The van der Waals surface area contributed by atoms with Gasteiger partial charge in [-0.3, -0.25) is 0 Å². The van der Waals surface area contributed by atoms with Gasteiger partial charge in [-0.15, -0.1) is 0 Å². The summed E-state index contributed by atoms with van der Waals surface area (Å²) in [6, 6.07) is 25.1. The summed E-state index contributed by atoms with van der Waals surface area (Å²) in [5.74, 6) is 0. The molecule has 0 saturated carbocycles. The zero-order chi connectivity index (χ0) is 19.4. The van der Waals surface area contributed by atoms with Gasteiger partial charge in [0, 0.05) is 0 Å². The summed E-state index contributed by atoms with van der Waals surface area (Å²) < 4.78 is 6.84. The van der Waals surface area contributed by atoms with Gasteiger partial charge >= 0.3 is 0 Å². The molecule has 0 N–H and O–H groups in total. The minimum atomic E-state index is -1.62. The lowest BCUT2D eigenvalue weighted by Gasteiger charge is -2.33. The van der Waals surface area contributed by atoms with E-state index in [1.54, 1.807) is 0 Å². The van der Waals surface area contributed by atoms with Gasteiger partial charge in [-0.2, -0.15) is 0 Å². The highest BCUT2D eigenvalue weighted by atomic mass is 28.4. The van der Waals surface area contributed by atoms with E-state index in [2.05, 4.69) is 93.6 Å². The van der Waals surface area contributed by atoms with Gasteiger partial charge in [0.15, 0.2) is 8.32 Å². The zero-order valence-corrected chi connectivity index (χ0v) is 18.4. The second-order valence-corrected chi connectivity index (χ2v) is 12.1. The summed E-state index contributed by atoms with van der Waals surface area (Å²) in [6.45, 7) is 6.92. The molecule has 2 heteroatoms. The molecule has 1 unspecified atom stereocenters. The number of aryl methyl sites for hydroxylation is 1. The Morgan fingerprint density at radius 3 is 2.00 bits per heavy atom. The van der Waals surface area contributed by atoms with Crippen molar-refractivity contribution in [2.45, 2.75) is 70.7 Å². The van der Waals surface area contributed by atoms with Crippen LogP contribution in [0, 0.1) is 0 Å². The molecule has 0 amide bonds. The van der Waals surface area contributed by atoms with Gasteiger partial charge in [0.05, 0.1) is 6.10 Å². The fourth-order valence-electron chi connectivity index (χ4n) is 3.63. The van der Waals surface area contributed by atoms with Crippen molar-refractivity contribution in [1.82, 2.24) is 0 Å². The van der Waals surface area contributed by atoms with E-state index in [0.717, 1.165) is 19.3 Å². The molecule has 146 valence electrons. The molecule has 0 bridgehead atoms. The van der Waals surface area contributed by atoms with E-state index < -0.39 is 8.32 Å². The second-order valence-electron chi connectivity index (χ2n) is 7.35. The third-order valence-electron chi connectivity index (χ3n) is 5.69. The standard InChI is InChI=1S/C25H36OSi/c1-4-27(5-2,6-3)26-25(24-20-14-10-15-21-24)22-16-8-7-11-17-23-18-12-9-13-19-23/h8-10,12-16,18-21,25H,4-7,11,17,22H2,1-3H3. The van der Waals surface area contributed by atoms with Crippen molar-refractivity contribution in [3.63, 3.8) is 0 Å². The fourth-order valence-corrected chi connectivity index (χ4v) is 6.46. The van der Waals surface area contributed by atoms with Crippen molar-refractivity contribution in [3.05, 3.63) is 83.9 Å². The van der Waals surface area contributed by atoms with Gasteiger partial charge < -0.3 is 4.43 Å². The Bertz CT molecular complexity index is 638. The maximum absolute atomic E-state index is 6.84. The number of unbranched alkanes of at least 4 members (excludes halogenated alkanes) is 1. The van der Waals surface area contributed by atoms with E-state index in [0.29, 0.717) is 0 Å². The first-order chi connectivity index (χ1) is 13.2. The molecule has 2 rings (SSSR count). The zero-order valence-electron chi connectivity index (χ0n) is 17.4. The van der Waals surface area contributed by atoms with Crippen molar-refractivity contribution in [2.75, 3.05) is 0 Å². The van der Waals surface area contributed by atoms with Crippen LogP contribution >= 0.6 is 0 Å². The molecule has 0 fully saturated rings. The molecule has 1 nitrogen and oxygen atoms in total. The van der Waals surface area contributed by atoms with Crippen LogP contribution in [0.4, 0.5) is 0 Å². The van der Waals surface area contributed by atoms with E-state index in [-0.39, 0.29) is 6.10 Å². The van der Waals surface area contributed by atoms with Gasteiger partial charge in [0.25, 0.3) is 0 Å². The molecule has 0 spiro atoms. The van der Waals surface area contributed by atoms with E-state index in [1.807, 2.05) is 0 Å². The Balaban J connectivity index is 1.92. The third-order valence-corrected chi connectivity index (χ3v) is 10.3. The maximum Gasteiger partial charge on any atom is 0.192 e. The number of benzene rings is 2. The molecule has 1 atom stereocenters. The molecular formula is C25H36OSi. The highest BCUT2D eigenvalue weighted by Gasteiger charge is 2.32. The fraction of sp³-hybridized carbons (Fsp3) is 0.440. The predicted octanol–water partition coefficient (Wildman–Crippen LogP) is 7.72. The molecule has 2 aromatic carbocycles. The lowest BCUT2D eigenvalue weighted by molar-refractivity contribution is 0.193. The van der Waals surface area contributed by atoms with Crippen molar-refractivity contribution < 1.29 is 4.43 Å². The van der Waals surface area contributed by atoms with Gasteiger partial charge in [-0.1, -0.05) is 93.6 Å². The summed E-state index contributed by atoms with van der Waals surface area (Å²) in [6.07, 6.45) is 9.34. The van der Waals surface area contributed by atoms with E-state index in [4.69, 9.17) is 4.43 Å². The Kier molecular flexibility index (Phi) is 9.58. The van der Waals surface area contributed by atoms with Crippen LogP contribution in [0.5, 0.6) is 0 Å². The highest BCUT2D eigenvalue weighted by Crippen LogP contribution is 2.32. The van der Waals surface area contributed by atoms with Crippen LogP contribution in [-0.2, 0) is 10.8 Å². The molecule has 0 aromatic heterocycles. The van der Waals surface area contributed by atoms with Crippen LogP contribution in [0.3, 0.4) is 0 Å². The lowest BCUT2D eigenvalue weighted by atomic mass is 10.1. The van der Waals surface area contributed by atoms with E-state index >= 15 is 0 Å². The van der Waals surface area contributed by atoms with Gasteiger partial charge in [-0.25, -0.2) is 0 Å². The minimum Gasteiger partial charge on any atom is -0.410 e. The largest absolute Gasteiger partial charge is 0.410 e. The maximum atomic E-state index is 6.84. The topological polar surface area (TPSA) is 9.23 Å². The van der Waals surface area contributed by atoms with Crippen molar-refractivity contribution in [1.29, 1.82) is 0 Å². The van der Waals surface area contributed by atoms with Crippen LogP contribution in [0.15, 0.2) is 72.8 Å². The Morgan fingerprint density at radius 1 is 0.815 bits per heavy atom. The highest BCUT2D eigenvalue weighted by molar-refractivity contribution is 6.73. The van der Waals surface area contributed by atoms with E-state index in [9.17, 15) is 0 Å². The predicted molar refractivity (Wildman–Crippen MR) is 121 cm³/mol. The summed E-state index contributed by atoms with van der Waals surface area (Å²) in [5, 5.41) is 0. The normalized spacial score (nSPS) is 13.1. The minimum absolute atomic E-state index is 0.197. The average molecular weight is 381 g/mol. The molecule has 0 saturated heterocycles.